The maximum Gasteiger partial charge on any atom is 0.241 e. The second-order valence-corrected chi connectivity index (χ2v) is 5.42. The van der Waals surface area contributed by atoms with Crippen LogP contribution in [0.4, 0.5) is 5.69 Å². The van der Waals surface area contributed by atoms with Crippen LogP contribution in [-0.2, 0) is 11.3 Å². The van der Waals surface area contributed by atoms with Crippen LogP contribution in [0.3, 0.4) is 0 Å². The molecule has 5 heteroatoms. The number of aryl methyl sites for hydroxylation is 1. The standard InChI is InChI=1S/C14H24N4O/c1-2-18-10-12(9-16-18)17-14(19)13(15)8-11-6-4-3-5-7-11/h9-11,13H,2-8,15H2,1H3,(H,17,19). The maximum atomic E-state index is 12.0. The molecule has 0 aliphatic heterocycles. The summed E-state index contributed by atoms with van der Waals surface area (Å²) in [5.41, 5.74) is 6.72. The largest absolute Gasteiger partial charge is 0.322 e. The van der Waals surface area contributed by atoms with Gasteiger partial charge in [-0.3, -0.25) is 9.48 Å². The first kappa shape index (κ1) is 14.1. The van der Waals surface area contributed by atoms with Crippen molar-refractivity contribution in [2.75, 3.05) is 5.32 Å². The molecule has 1 saturated carbocycles. The van der Waals surface area contributed by atoms with Crippen LogP contribution in [0.2, 0.25) is 0 Å². The van der Waals surface area contributed by atoms with Crippen molar-refractivity contribution in [3.05, 3.63) is 12.4 Å². The van der Waals surface area contributed by atoms with E-state index >= 15 is 0 Å². The molecule has 5 nitrogen and oxygen atoms in total. The summed E-state index contributed by atoms with van der Waals surface area (Å²) >= 11 is 0. The van der Waals surface area contributed by atoms with Gasteiger partial charge in [0.1, 0.15) is 0 Å². The minimum Gasteiger partial charge on any atom is -0.322 e. The molecule has 1 heterocycles. The van der Waals surface area contributed by atoms with Gasteiger partial charge in [-0.15, -0.1) is 0 Å². The van der Waals surface area contributed by atoms with Crippen molar-refractivity contribution in [2.24, 2.45) is 11.7 Å². The lowest BCUT2D eigenvalue weighted by molar-refractivity contribution is -0.117. The molecule has 19 heavy (non-hydrogen) atoms. The van der Waals surface area contributed by atoms with E-state index in [9.17, 15) is 4.79 Å². The van der Waals surface area contributed by atoms with Crippen LogP contribution in [0.1, 0.15) is 45.4 Å². The fraction of sp³-hybridized carbons (Fsp3) is 0.714. The summed E-state index contributed by atoms with van der Waals surface area (Å²) in [7, 11) is 0. The molecule has 0 bridgehead atoms. The van der Waals surface area contributed by atoms with Crippen molar-refractivity contribution in [1.29, 1.82) is 0 Å². The number of hydrogen-bond acceptors (Lipinski definition) is 3. The van der Waals surface area contributed by atoms with Crippen molar-refractivity contribution in [3.63, 3.8) is 0 Å². The Labute approximate surface area is 114 Å². The lowest BCUT2D eigenvalue weighted by Crippen LogP contribution is -2.37. The molecule has 2 rings (SSSR count). The molecule has 0 saturated heterocycles. The molecule has 0 spiro atoms. The summed E-state index contributed by atoms with van der Waals surface area (Å²) in [6, 6.07) is -0.409. The highest BCUT2D eigenvalue weighted by Crippen LogP contribution is 2.27. The van der Waals surface area contributed by atoms with E-state index in [4.69, 9.17) is 5.73 Å². The molecular weight excluding hydrogens is 240 g/mol. The molecule has 1 aromatic heterocycles. The van der Waals surface area contributed by atoms with E-state index in [1.807, 2.05) is 13.1 Å². The molecule has 1 aromatic rings. The van der Waals surface area contributed by atoms with E-state index in [0.717, 1.165) is 18.7 Å². The number of hydrogen-bond donors (Lipinski definition) is 2. The molecule has 1 aliphatic carbocycles. The lowest BCUT2D eigenvalue weighted by atomic mass is 9.85. The minimum atomic E-state index is -0.409. The molecule has 1 fully saturated rings. The summed E-state index contributed by atoms with van der Waals surface area (Å²) in [6.45, 7) is 2.80. The van der Waals surface area contributed by atoms with Gasteiger partial charge in [0.2, 0.25) is 5.91 Å². The second kappa shape index (κ2) is 6.70. The van der Waals surface area contributed by atoms with Gasteiger partial charge < -0.3 is 11.1 Å². The van der Waals surface area contributed by atoms with E-state index in [0.29, 0.717) is 5.92 Å². The van der Waals surface area contributed by atoms with Crippen molar-refractivity contribution in [2.45, 2.75) is 58.0 Å². The van der Waals surface area contributed by atoms with Crippen molar-refractivity contribution in [1.82, 2.24) is 9.78 Å². The van der Waals surface area contributed by atoms with Gasteiger partial charge in [-0.25, -0.2) is 0 Å². The van der Waals surface area contributed by atoms with Crippen LogP contribution < -0.4 is 11.1 Å². The van der Waals surface area contributed by atoms with Crippen molar-refractivity contribution in [3.8, 4) is 0 Å². The number of aromatic nitrogens is 2. The Morgan fingerprint density at radius 1 is 1.53 bits per heavy atom. The molecule has 0 radical (unpaired) electrons. The van der Waals surface area contributed by atoms with Crippen LogP contribution in [0.25, 0.3) is 0 Å². The average molecular weight is 264 g/mol. The monoisotopic (exact) mass is 264 g/mol. The van der Waals surface area contributed by atoms with Gasteiger partial charge in [0.25, 0.3) is 0 Å². The number of anilines is 1. The lowest BCUT2D eigenvalue weighted by Gasteiger charge is -2.23. The first-order valence-corrected chi connectivity index (χ1v) is 7.28. The third-order valence-corrected chi connectivity index (χ3v) is 3.87. The van der Waals surface area contributed by atoms with Crippen LogP contribution >= 0.6 is 0 Å². The van der Waals surface area contributed by atoms with Crippen LogP contribution in [0, 0.1) is 5.92 Å². The Bertz CT molecular complexity index is 409. The highest BCUT2D eigenvalue weighted by Gasteiger charge is 2.21. The third-order valence-electron chi connectivity index (χ3n) is 3.87. The SMILES string of the molecule is CCn1cc(NC(=O)C(N)CC2CCCCC2)cn1. The summed E-state index contributed by atoms with van der Waals surface area (Å²) in [5.74, 6) is 0.522. The molecule has 3 N–H and O–H groups in total. The number of rotatable bonds is 5. The smallest absolute Gasteiger partial charge is 0.241 e. The average Bonchev–Trinajstić information content (AvgIpc) is 2.87. The van der Waals surface area contributed by atoms with Gasteiger partial charge in [0.15, 0.2) is 0 Å². The van der Waals surface area contributed by atoms with Gasteiger partial charge in [-0.05, 0) is 19.3 Å². The number of carbonyl (C=O) groups is 1. The van der Waals surface area contributed by atoms with Gasteiger partial charge in [-0.1, -0.05) is 32.1 Å². The van der Waals surface area contributed by atoms with Crippen LogP contribution in [-0.4, -0.2) is 21.7 Å². The van der Waals surface area contributed by atoms with Gasteiger partial charge in [-0.2, -0.15) is 5.10 Å². The highest BCUT2D eigenvalue weighted by molar-refractivity contribution is 5.94. The molecule has 1 atom stereocenters. The Morgan fingerprint density at radius 2 is 2.26 bits per heavy atom. The van der Waals surface area contributed by atoms with Gasteiger partial charge in [0, 0.05) is 12.7 Å². The zero-order valence-corrected chi connectivity index (χ0v) is 11.6. The van der Waals surface area contributed by atoms with E-state index in [1.54, 1.807) is 10.9 Å². The fourth-order valence-electron chi connectivity index (χ4n) is 2.73. The van der Waals surface area contributed by atoms with Crippen LogP contribution in [0.5, 0.6) is 0 Å². The Balaban J connectivity index is 1.81. The number of amides is 1. The van der Waals surface area contributed by atoms with Crippen molar-refractivity contribution < 1.29 is 4.79 Å². The molecule has 1 amide bonds. The zero-order chi connectivity index (χ0) is 13.7. The molecule has 0 aromatic carbocycles. The normalized spacial score (nSPS) is 18.2. The first-order chi connectivity index (χ1) is 9.19. The summed E-state index contributed by atoms with van der Waals surface area (Å²) < 4.78 is 1.78. The van der Waals surface area contributed by atoms with Gasteiger partial charge in [0.05, 0.1) is 17.9 Å². The first-order valence-electron chi connectivity index (χ1n) is 7.28. The Kier molecular flexibility index (Phi) is 4.96. The fourth-order valence-corrected chi connectivity index (χ4v) is 2.73. The van der Waals surface area contributed by atoms with E-state index in [-0.39, 0.29) is 5.91 Å². The number of nitrogens with one attached hydrogen (secondary N) is 1. The summed E-state index contributed by atoms with van der Waals surface area (Å²) in [6.07, 6.45) is 10.6. The van der Waals surface area contributed by atoms with Crippen molar-refractivity contribution >= 4 is 11.6 Å². The van der Waals surface area contributed by atoms with E-state index < -0.39 is 6.04 Å². The second-order valence-electron chi connectivity index (χ2n) is 5.42. The predicted octanol–water partition coefficient (Wildman–Crippen LogP) is 2.14. The zero-order valence-electron chi connectivity index (χ0n) is 11.6. The molecule has 106 valence electrons. The number of nitrogens with two attached hydrogens (primary N) is 1. The highest BCUT2D eigenvalue weighted by atomic mass is 16.2. The Morgan fingerprint density at radius 3 is 2.89 bits per heavy atom. The Hall–Kier alpha value is -1.36. The van der Waals surface area contributed by atoms with Crippen LogP contribution in [0.15, 0.2) is 12.4 Å². The number of nitrogens with zero attached hydrogens (tertiary/aromatic N) is 2. The maximum absolute atomic E-state index is 12.0. The minimum absolute atomic E-state index is 0.0961. The number of carbonyl (C=O) groups excluding carboxylic acids is 1. The van der Waals surface area contributed by atoms with Gasteiger partial charge >= 0.3 is 0 Å². The predicted molar refractivity (Wildman–Crippen MR) is 75.7 cm³/mol. The molecule has 1 aliphatic rings. The topological polar surface area (TPSA) is 72.9 Å². The van der Waals surface area contributed by atoms with E-state index in [2.05, 4.69) is 10.4 Å². The molecular formula is C14H24N4O. The summed E-state index contributed by atoms with van der Waals surface area (Å²) in [4.78, 5) is 12.0. The quantitative estimate of drug-likeness (QED) is 0.855. The summed E-state index contributed by atoms with van der Waals surface area (Å²) in [5, 5.41) is 6.96. The van der Waals surface area contributed by atoms with E-state index in [1.165, 1.54) is 32.1 Å². The molecule has 1 unspecified atom stereocenters. The third kappa shape index (κ3) is 4.06.